The minimum atomic E-state index is -3.77. The molecule has 31 heavy (non-hydrogen) atoms. The van der Waals surface area contributed by atoms with E-state index in [2.05, 4.69) is 15.0 Å². The second-order valence-corrected chi connectivity index (χ2v) is 8.62. The summed E-state index contributed by atoms with van der Waals surface area (Å²) in [7, 11) is -2.48. The molecule has 164 valence electrons. The topological polar surface area (TPSA) is 148 Å². The lowest BCUT2D eigenvalue weighted by atomic mass is 10.1. The van der Waals surface area contributed by atoms with Gasteiger partial charge >= 0.3 is 5.97 Å². The van der Waals surface area contributed by atoms with Crippen LogP contribution in [0.2, 0.25) is 0 Å². The van der Waals surface area contributed by atoms with Crippen LogP contribution < -0.4 is 11.5 Å². The van der Waals surface area contributed by atoms with Crippen molar-refractivity contribution in [3.8, 4) is 0 Å². The van der Waals surface area contributed by atoms with Gasteiger partial charge in [-0.25, -0.2) is 17.2 Å². The van der Waals surface area contributed by atoms with Crippen molar-refractivity contribution in [2.24, 2.45) is 5.73 Å². The second kappa shape index (κ2) is 9.47. The molecule has 0 saturated heterocycles. The third kappa shape index (κ3) is 5.12. The number of ether oxygens (including phenoxy) is 1. The van der Waals surface area contributed by atoms with Gasteiger partial charge in [0.2, 0.25) is 0 Å². The molecule has 3 rings (SSSR count). The van der Waals surface area contributed by atoms with Crippen LogP contribution in [-0.4, -0.2) is 40.5 Å². The van der Waals surface area contributed by atoms with Crippen molar-refractivity contribution in [3.63, 3.8) is 0 Å². The van der Waals surface area contributed by atoms with Crippen LogP contribution in [0.1, 0.15) is 35.3 Å². The summed E-state index contributed by atoms with van der Waals surface area (Å²) in [6, 6.07) is 9.70. The number of methoxy groups -OCH3 is 1. The molecule has 3 aromatic rings. The van der Waals surface area contributed by atoms with Gasteiger partial charge in [-0.05, 0) is 43.5 Å². The van der Waals surface area contributed by atoms with E-state index >= 15 is 0 Å². The van der Waals surface area contributed by atoms with Crippen LogP contribution in [-0.2, 0) is 21.3 Å². The highest BCUT2D eigenvalue weighted by molar-refractivity contribution is 7.90. The van der Waals surface area contributed by atoms with Gasteiger partial charge in [-0.3, -0.25) is 4.68 Å². The number of carbonyl (C=O) groups excluding carboxylic acids is 1. The van der Waals surface area contributed by atoms with Crippen LogP contribution in [0.15, 0.2) is 59.4 Å². The van der Waals surface area contributed by atoms with Crippen LogP contribution in [0.25, 0.3) is 6.08 Å². The zero-order valence-electron chi connectivity index (χ0n) is 17.0. The van der Waals surface area contributed by atoms with Gasteiger partial charge in [0, 0.05) is 24.0 Å². The van der Waals surface area contributed by atoms with E-state index in [9.17, 15) is 13.2 Å². The molecule has 0 aliphatic heterocycles. The monoisotopic (exact) mass is 444 g/mol. The van der Waals surface area contributed by atoms with Crippen molar-refractivity contribution < 1.29 is 17.9 Å². The van der Waals surface area contributed by atoms with E-state index in [1.165, 1.54) is 31.6 Å². The SMILES string of the molecule is COC(=O)c1cn(CCCC/C(N)=C/c2ccn(S(=O)(=O)c3ccccc3)c2N)nn1. The Hall–Kier alpha value is -3.60. The van der Waals surface area contributed by atoms with Gasteiger partial charge in [-0.1, -0.05) is 23.4 Å². The minimum Gasteiger partial charge on any atom is -0.464 e. The standard InChI is InChI=1S/C20H24N6O4S/c1-30-20(27)18-14-25(24-23-18)11-6-5-7-16(21)13-15-10-12-26(19(15)22)31(28,29)17-8-3-2-4-9-17/h2-4,8-10,12-14H,5-7,11,21-22H2,1H3/b16-13-. The molecule has 0 atom stereocenters. The Balaban J connectivity index is 1.59. The molecule has 2 aromatic heterocycles. The highest BCUT2D eigenvalue weighted by Gasteiger charge is 2.19. The number of nitrogens with two attached hydrogens (primary N) is 2. The molecule has 0 aliphatic carbocycles. The summed E-state index contributed by atoms with van der Waals surface area (Å²) in [5.74, 6) is -0.429. The first-order valence-electron chi connectivity index (χ1n) is 9.55. The molecule has 0 saturated carbocycles. The summed E-state index contributed by atoms with van der Waals surface area (Å²) in [6.07, 6.45) is 6.74. The first kappa shape index (κ1) is 22.1. The van der Waals surface area contributed by atoms with Crippen LogP contribution in [0.4, 0.5) is 5.82 Å². The summed E-state index contributed by atoms with van der Waals surface area (Å²) >= 11 is 0. The highest BCUT2D eigenvalue weighted by atomic mass is 32.2. The lowest BCUT2D eigenvalue weighted by molar-refractivity contribution is 0.0594. The molecule has 0 amide bonds. The zero-order valence-corrected chi connectivity index (χ0v) is 17.8. The molecule has 0 unspecified atom stereocenters. The Morgan fingerprint density at radius 2 is 1.94 bits per heavy atom. The summed E-state index contributed by atoms with van der Waals surface area (Å²) in [5.41, 5.74) is 13.4. The van der Waals surface area contributed by atoms with Gasteiger partial charge in [0.1, 0.15) is 5.82 Å². The number of benzene rings is 1. The van der Waals surface area contributed by atoms with E-state index in [1.54, 1.807) is 35.0 Å². The number of hydrogen-bond donors (Lipinski definition) is 2. The number of unbranched alkanes of at least 4 members (excludes halogenated alkanes) is 1. The van der Waals surface area contributed by atoms with Crippen molar-refractivity contribution >= 4 is 27.9 Å². The predicted octanol–water partition coefficient (Wildman–Crippen LogP) is 1.86. The molecule has 10 nitrogen and oxygen atoms in total. The smallest absolute Gasteiger partial charge is 0.360 e. The molecule has 0 aliphatic rings. The van der Waals surface area contributed by atoms with Crippen LogP contribution in [0.5, 0.6) is 0 Å². The maximum Gasteiger partial charge on any atom is 0.360 e. The summed E-state index contributed by atoms with van der Waals surface area (Å²) in [6.45, 7) is 0.575. The van der Waals surface area contributed by atoms with Crippen LogP contribution in [0, 0.1) is 0 Å². The quantitative estimate of drug-likeness (QED) is 0.375. The average molecular weight is 445 g/mol. The van der Waals surface area contributed by atoms with Gasteiger partial charge in [-0.2, -0.15) is 0 Å². The first-order chi connectivity index (χ1) is 14.8. The lowest BCUT2D eigenvalue weighted by Gasteiger charge is -2.08. The number of esters is 1. The van der Waals surface area contributed by atoms with Crippen molar-refractivity contribution in [2.75, 3.05) is 12.8 Å². The second-order valence-electron chi connectivity index (χ2n) is 6.81. The lowest BCUT2D eigenvalue weighted by Crippen LogP contribution is -2.14. The molecule has 1 aromatic carbocycles. The predicted molar refractivity (Wildman–Crippen MR) is 115 cm³/mol. The van der Waals surface area contributed by atoms with Gasteiger partial charge in [0.25, 0.3) is 10.0 Å². The summed E-state index contributed by atoms with van der Waals surface area (Å²) in [4.78, 5) is 11.5. The van der Waals surface area contributed by atoms with Gasteiger partial charge < -0.3 is 16.2 Å². The van der Waals surface area contributed by atoms with Crippen molar-refractivity contribution in [2.45, 2.75) is 30.7 Å². The zero-order chi connectivity index (χ0) is 22.4. The van der Waals surface area contributed by atoms with Crippen molar-refractivity contribution in [1.82, 2.24) is 19.0 Å². The van der Waals surface area contributed by atoms with Crippen molar-refractivity contribution in [3.05, 3.63) is 65.7 Å². The fraction of sp³-hybridized carbons (Fsp3) is 0.250. The molecule has 0 spiro atoms. The first-order valence-corrected chi connectivity index (χ1v) is 11.0. The third-order valence-corrected chi connectivity index (χ3v) is 6.30. The maximum absolute atomic E-state index is 12.8. The minimum absolute atomic E-state index is 0.102. The Kier molecular flexibility index (Phi) is 6.75. The number of allylic oxidation sites excluding steroid dienone is 1. The number of aryl methyl sites for hydroxylation is 1. The number of anilines is 1. The number of carbonyl (C=O) groups is 1. The van der Waals surface area contributed by atoms with Crippen molar-refractivity contribution in [1.29, 1.82) is 0 Å². The van der Waals surface area contributed by atoms with E-state index in [0.717, 1.165) is 16.8 Å². The molecular formula is C20H24N6O4S. The van der Waals surface area contributed by atoms with E-state index in [0.29, 0.717) is 24.2 Å². The third-order valence-electron chi connectivity index (χ3n) is 4.60. The van der Waals surface area contributed by atoms with E-state index < -0.39 is 16.0 Å². The molecule has 0 bridgehead atoms. The maximum atomic E-state index is 12.8. The number of hydrogen-bond acceptors (Lipinski definition) is 8. The van der Waals surface area contributed by atoms with Gasteiger partial charge in [0.05, 0.1) is 18.2 Å². The van der Waals surface area contributed by atoms with Crippen LogP contribution >= 0.6 is 0 Å². The van der Waals surface area contributed by atoms with E-state index in [-0.39, 0.29) is 16.4 Å². The Morgan fingerprint density at radius 3 is 2.65 bits per heavy atom. The molecule has 4 N–H and O–H groups in total. The fourth-order valence-corrected chi connectivity index (χ4v) is 4.27. The summed E-state index contributed by atoms with van der Waals surface area (Å²) in [5, 5.41) is 7.62. The van der Waals surface area contributed by atoms with E-state index in [1.807, 2.05) is 0 Å². The number of aromatic nitrogens is 4. The molecule has 11 heteroatoms. The number of nitrogens with zero attached hydrogens (tertiary/aromatic N) is 4. The largest absolute Gasteiger partial charge is 0.464 e. The molecular weight excluding hydrogens is 420 g/mol. The van der Waals surface area contributed by atoms with Crippen LogP contribution in [0.3, 0.4) is 0 Å². The average Bonchev–Trinajstić information content (AvgIpc) is 3.39. The van der Waals surface area contributed by atoms with Gasteiger partial charge in [0.15, 0.2) is 5.69 Å². The molecule has 0 fully saturated rings. The Morgan fingerprint density at radius 1 is 1.19 bits per heavy atom. The molecule has 0 radical (unpaired) electrons. The Labute approximate surface area is 180 Å². The highest BCUT2D eigenvalue weighted by Crippen LogP contribution is 2.23. The number of nitrogen functional groups attached to an aromatic ring is 1. The van der Waals surface area contributed by atoms with E-state index in [4.69, 9.17) is 11.5 Å². The molecule has 2 heterocycles. The Bertz CT molecular complexity index is 1180. The summed E-state index contributed by atoms with van der Waals surface area (Å²) < 4.78 is 32.7. The fourth-order valence-electron chi connectivity index (χ4n) is 2.96. The number of rotatable bonds is 9. The van der Waals surface area contributed by atoms with Gasteiger partial charge in [-0.15, -0.1) is 5.10 Å². The normalized spacial score (nSPS) is 12.1.